The van der Waals surface area contributed by atoms with Gasteiger partial charge in [-0.3, -0.25) is 9.69 Å². The SMILES string of the molecule is COc1cc2ncnc(-c3ccc(NC(=O)Cc4ccc(C(F)(F)F)cc4)cc3)c2cc1OCCCN1CCN2CCCC2C1. The van der Waals surface area contributed by atoms with Gasteiger partial charge in [0.15, 0.2) is 11.5 Å². The zero-order chi connectivity index (χ0) is 31.4. The second kappa shape index (κ2) is 13.4. The van der Waals surface area contributed by atoms with Crippen LogP contribution in [0.1, 0.15) is 30.4 Å². The normalized spacial score (nSPS) is 17.3. The molecule has 1 amide bonds. The summed E-state index contributed by atoms with van der Waals surface area (Å²) in [6, 6.07) is 16.3. The molecule has 0 bridgehead atoms. The molecular weight excluding hydrogens is 583 g/mol. The van der Waals surface area contributed by atoms with Crippen LogP contribution in [-0.2, 0) is 17.4 Å². The smallest absolute Gasteiger partial charge is 0.416 e. The van der Waals surface area contributed by atoms with Crippen LogP contribution in [0.25, 0.3) is 22.2 Å². The zero-order valence-electron chi connectivity index (χ0n) is 25.1. The third kappa shape index (κ3) is 7.37. The number of anilines is 1. The van der Waals surface area contributed by atoms with E-state index in [9.17, 15) is 18.0 Å². The van der Waals surface area contributed by atoms with Gasteiger partial charge in [-0.05, 0) is 61.7 Å². The number of halogens is 3. The molecule has 6 rings (SSSR count). The Morgan fingerprint density at radius 3 is 2.56 bits per heavy atom. The predicted molar refractivity (Wildman–Crippen MR) is 166 cm³/mol. The van der Waals surface area contributed by atoms with Gasteiger partial charge in [-0.2, -0.15) is 13.2 Å². The highest BCUT2D eigenvalue weighted by molar-refractivity contribution is 5.95. The first-order valence-electron chi connectivity index (χ1n) is 15.3. The maximum atomic E-state index is 12.8. The van der Waals surface area contributed by atoms with Crippen LogP contribution in [0.2, 0.25) is 0 Å². The van der Waals surface area contributed by atoms with Gasteiger partial charge in [-0.25, -0.2) is 9.97 Å². The summed E-state index contributed by atoms with van der Waals surface area (Å²) in [5.41, 5.74) is 2.56. The molecule has 11 heteroatoms. The van der Waals surface area contributed by atoms with Gasteiger partial charge in [0.25, 0.3) is 0 Å². The monoisotopic (exact) mass is 619 g/mol. The second-order valence-corrected chi connectivity index (χ2v) is 11.6. The Morgan fingerprint density at radius 2 is 1.80 bits per heavy atom. The van der Waals surface area contributed by atoms with E-state index in [0.717, 1.165) is 55.7 Å². The number of hydrogen-bond acceptors (Lipinski definition) is 7. The minimum Gasteiger partial charge on any atom is -0.493 e. The van der Waals surface area contributed by atoms with Crippen molar-refractivity contribution in [1.29, 1.82) is 0 Å². The standard InChI is InChI=1S/C34H36F3N5O3/c1-44-30-20-29-28(19-31(30)45-17-3-13-41-15-16-42-14-2-4-27(42)21-41)33(39-22-38-29)24-7-11-26(12-8-24)40-32(43)18-23-5-9-25(10-6-23)34(35,36)37/h5-12,19-20,22,27H,2-4,13-18,21H2,1H3,(H,40,43). The van der Waals surface area contributed by atoms with Crippen LogP contribution in [0.15, 0.2) is 67.0 Å². The number of nitrogens with one attached hydrogen (secondary N) is 1. The number of rotatable bonds is 10. The number of fused-ring (bicyclic) bond motifs is 2. The lowest BCUT2D eigenvalue weighted by molar-refractivity contribution is -0.137. The number of nitrogens with zero attached hydrogens (tertiary/aromatic N) is 4. The largest absolute Gasteiger partial charge is 0.493 e. The van der Waals surface area contributed by atoms with Gasteiger partial charge in [0.2, 0.25) is 5.91 Å². The summed E-state index contributed by atoms with van der Waals surface area (Å²) in [6.45, 7) is 6.21. The zero-order valence-corrected chi connectivity index (χ0v) is 25.1. The van der Waals surface area contributed by atoms with Crippen LogP contribution in [-0.4, -0.2) is 78.2 Å². The first kappa shape index (κ1) is 30.8. The lowest BCUT2D eigenvalue weighted by atomic mass is 10.1. The van der Waals surface area contributed by atoms with Gasteiger partial charge in [0.05, 0.1) is 36.9 Å². The molecule has 236 valence electrons. The quantitative estimate of drug-likeness (QED) is 0.217. The first-order valence-corrected chi connectivity index (χ1v) is 15.3. The molecule has 0 saturated carbocycles. The Morgan fingerprint density at radius 1 is 1.00 bits per heavy atom. The molecule has 1 aromatic heterocycles. The molecule has 1 N–H and O–H groups in total. The highest BCUT2D eigenvalue weighted by atomic mass is 19.4. The van der Waals surface area contributed by atoms with Crippen molar-refractivity contribution in [2.45, 2.75) is 37.9 Å². The minimum absolute atomic E-state index is 0.0435. The van der Waals surface area contributed by atoms with Crippen LogP contribution in [0.3, 0.4) is 0 Å². The van der Waals surface area contributed by atoms with Crippen molar-refractivity contribution in [2.75, 3.05) is 51.8 Å². The van der Waals surface area contributed by atoms with Gasteiger partial charge >= 0.3 is 6.18 Å². The lowest BCUT2D eigenvalue weighted by Crippen LogP contribution is -2.50. The fourth-order valence-electron chi connectivity index (χ4n) is 6.21. The van der Waals surface area contributed by atoms with Gasteiger partial charge < -0.3 is 19.7 Å². The second-order valence-electron chi connectivity index (χ2n) is 11.6. The highest BCUT2D eigenvalue weighted by Gasteiger charge is 2.31. The summed E-state index contributed by atoms with van der Waals surface area (Å²) >= 11 is 0. The predicted octanol–water partition coefficient (Wildman–Crippen LogP) is 6.05. The molecule has 0 aliphatic carbocycles. The summed E-state index contributed by atoms with van der Waals surface area (Å²) in [5.74, 6) is 0.913. The van der Waals surface area contributed by atoms with Crippen molar-refractivity contribution in [2.24, 2.45) is 0 Å². The fourth-order valence-corrected chi connectivity index (χ4v) is 6.21. The number of ether oxygens (including phenoxy) is 2. The summed E-state index contributed by atoms with van der Waals surface area (Å²) < 4.78 is 50.3. The Hall–Kier alpha value is -4.22. The number of amides is 1. The third-order valence-electron chi connectivity index (χ3n) is 8.56. The van der Waals surface area contributed by atoms with Crippen molar-refractivity contribution in [3.8, 4) is 22.8 Å². The van der Waals surface area contributed by atoms with Crippen molar-refractivity contribution in [3.63, 3.8) is 0 Å². The van der Waals surface area contributed by atoms with Gasteiger partial charge in [-0.15, -0.1) is 0 Å². The van der Waals surface area contributed by atoms with E-state index in [0.29, 0.717) is 46.6 Å². The average molecular weight is 620 g/mol. The number of hydrogen-bond donors (Lipinski definition) is 1. The van der Waals surface area contributed by atoms with Crippen molar-refractivity contribution in [3.05, 3.63) is 78.1 Å². The first-order chi connectivity index (χ1) is 21.8. The van der Waals surface area contributed by atoms with Crippen LogP contribution in [0.4, 0.5) is 18.9 Å². The van der Waals surface area contributed by atoms with Crippen LogP contribution < -0.4 is 14.8 Å². The molecule has 2 saturated heterocycles. The van der Waals surface area contributed by atoms with Gasteiger partial charge in [0, 0.05) is 54.9 Å². The molecule has 1 unspecified atom stereocenters. The lowest BCUT2D eigenvalue weighted by Gasteiger charge is -2.37. The fraction of sp³-hybridized carbons (Fsp3) is 0.382. The number of methoxy groups -OCH3 is 1. The number of carbonyl (C=O) groups excluding carboxylic acids is 1. The number of carbonyl (C=O) groups is 1. The molecule has 8 nitrogen and oxygen atoms in total. The van der Waals surface area contributed by atoms with Gasteiger partial charge in [-0.1, -0.05) is 24.3 Å². The Kier molecular flexibility index (Phi) is 9.18. The summed E-state index contributed by atoms with van der Waals surface area (Å²) in [5, 5.41) is 3.61. The van der Waals surface area contributed by atoms with Gasteiger partial charge in [0.1, 0.15) is 6.33 Å². The van der Waals surface area contributed by atoms with E-state index in [2.05, 4.69) is 25.1 Å². The molecule has 3 heterocycles. The number of benzene rings is 3. The Balaban J connectivity index is 1.09. The maximum absolute atomic E-state index is 12.8. The van der Waals surface area contributed by atoms with E-state index in [1.165, 1.54) is 37.8 Å². The molecule has 45 heavy (non-hydrogen) atoms. The summed E-state index contributed by atoms with van der Waals surface area (Å²) in [6.07, 6.45) is 0.570. The molecule has 4 aromatic rings. The third-order valence-corrected chi connectivity index (χ3v) is 8.56. The molecule has 0 radical (unpaired) electrons. The molecule has 3 aromatic carbocycles. The maximum Gasteiger partial charge on any atom is 0.416 e. The van der Waals surface area contributed by atoms with Crippen LogP contribution >= 0.6 is 0 Å². The van der Waals surface area contributed by atoms with Crippen molar-refractivity contribution in [1.82, 2.24) is 19.8 Å². The summed E-state index contributed by atoms with van der Waals surface area (Å²) in [7, 11) is 1.61. The minimum atomic E-state index is -4.41. The van der Waals surface area contributed by atoms with E-state index in [1.54, 1.807) is 19.2 Å². The average Bonchev–Trinajstić information content (AvgIpc) is 3.51. The molecule has 0 spiro atoms. The van der Waals surface area contributed by atoms with Crippen molar-refractivity contribution >= 4 is 22.5 Å². The topological polar surface area (TPSA) is 79.8 Å². The molecule has 2 aliphatic heterocycles. The number of piperazine rings is 1. The van der Waals surface area contributed by atoms with Crippen LogP contribution in [0.5, 0.6) is 11.5 Å². The Bertz CT molecular complexity index is 1630. The van der Waals surface area contributed by atoms with E-state index in [-0.39, 0.29) is 12.3 Å². The summed E-state index contributed by atoms with van der Waals surface area (Å²) in [4.78, 5) is 26.7. The van der Waals surface area contributed by atoms with Crippen LogP contribution in [0, 0.1) is 0 Å². The van der Waals surface area contributed by atoms with E-state index in [1.807, 2.05) is 24.3 Å². The highest BCUT2D eigenvalue weighted by Crippen LogP contribution is 2.36. The molecule has 2 fully saturated rings. The number of alkyl halides is 3. The molecular formula is C34H36F3N5O3. The Labute approximate surface area is 260 Å². The van der Waals surface area contributed by atoms with E-state index in [4.69, 9.17) is 9.47 Å². The molecule has 2 aliphatic rings. The number of aromatic nitrogens is 2. The van der Waals surface area contributed by atoms with Crippen molar-refractivity contribution < 1.29 is 27.4 Å². The van der Waals surface area contributed by atoms with E-state index >= 15 is 0 Å². The molecule has 1 atom stereocenters. The van der Waals surface area contributed by atoms with E-state index < -0.39 is 11.7 Å².